The van der Waals surface area contributed by atoms with Crippen molar-refractivity contribution in [3.63, 3.8) is 0 Å². The molecule has 1 fully saturated rings. The molecule has 1 amide bonds. The minimum atomic E-state index is -1.02. The van der Waals surface area contributed by atoms with Crippen LogP contribution in [0.25, 0.3) is 0 Å². The molecule has 1 aromatic heterocycles. The van der Waals surface area contributed by atoms with Gasteiger partial charge in [-0.3, -0.25) is 9.48 Å². The van der Waals surface area contributed by atoms with E-state index in [1.165, 1.54) is 6.42 Å². The van der Waals surface area contributed by atoms with Crippen molar-refractivity contribution >= 4 is 11.9 Å². The van der Waals surface area contributed by atoms with Gasteiger partial charge in [-0.2, -0.15) is 5.10 Å². The summed E-state index contributed by atoms with van der Waals surface area (Å²) >= 11 is 0. The molecule has 1 atom stereocenters. The summed E-state index contributed by atoms with van der Waals surface area (Å²) in [5, 5.41) is 16.3. The highest BCUT2D eigenvalue weighted by molar-refractivity contribution is 5.97. The number of nitrogens with zero attached hydrogens (tertiary/aromatic N) is 2. The Balaban J connectivity index is 2.14. The number of aliphatic carboxylic acids is 1. The van der Waals surface area contributed by atoms with Crippen LogP contribution >= 0.6 is 0 Å². The number of aryl methyl sites for hydroxylation is 1. The summed E-state index contributed by atoms with van der Waals surface area (Å²) in [5.74, 6) is -1.08. The largest absolute Gasteiger partial charge is 0.480 e. The molecule has 1 aliphatic rings. The number of aromatic nitrogens is 2. The number of carboxylic acids is 1. The number of carbonyl (C=O) groups excluding carboxylic acids is 1. The summed E-state index contributed by atoms with van der Waals surface area (Å²) in [4.78, 5) is 23.8. The van der Waals surface area contributed by atoms with E-state index in [0.717, 1.165) is 31.4 Å². The number of carbonyl (C=O) groups is 2. The second-order valence-corrected chi connectivity index (χ2v) is 6.17. The van der Waals surface area contributed by atoms with E-state index >= 15 is 0 Å². The van der Waals surface area contributed by atoms with Crippen LogP contribution < -0.4 is 5.32 Å². The number of carboxylic acid groups (broad SMARTS) is 1. The minimum Gasteiger partial charge on any atom is -0.480 e. The first-order chi connectivity index (χ1) is 11.0. The molecule has 6 nitrogen and oxygen atoms in total. The van der Waals surface area contributed by atoms with Crippen LogP contribution in [0.5, 0.6) is 0 Å². The normalized spacial score (nSPS) is 16.7. The first kappa shape index (κ1) is 17.2. The zero-order chi connectivity index (χ0) is 16.8. The zero-order valence-electron chi connectivity index (χ0n) is 13.6. The zero-order valence-corrected chi connectivity index (χ0v) is 13.6. The molecule has 0 aromatic carbocycles. The maximum atomic E-state index is 12.5. The fraction of sp³-hybridized carbons (Fsp3) is 0.588. The lowest BCUT2D eigenvalue weighted by atomic mass is 9.85. The number of amides is 1. The van der Waals surface area contributed by atoms with E-state index in [4.69, 9.17) is 0 Å². The van der Waals surface area contributed by atoms with Gasteiger partial charge in [0.15, 0.2) is 0 Å². The van der Waals surface area contributed by atoms with Crippen LogP contribution in [-0.4, -0.2) is 32.8 Å². The van der Waals surface area contributed by atoms with Crippen molar-refractivity contribution in [1.82, 2.24) is 15.1 Å². The molecule has 0 aliphatic heterocycles. The summed E-state index contributed by atoms with van der Waals surface area (Å²) in [7, 11) is 1.79. The van der Waals surface area contributed by atoms with E-state index in [0.29, 0.717) is 24.3 Å². The van der Waals surface area contributed by atoms with Gasteiger partial charge < -0.3 is 10.4 Å². The van der Waals surface area contributed by atoms with E-state index in [-0.39, 0.29) is 5.91 Å². The quantitative estimate of drug-likeness (QED) is 0.757. The standard InChI is InChI=1S/C17H25N3O3/c1-3-4-10-14(17(22)23)18-16(21)13-11-20(2)19-15(13)12-8-6-5-7-9-12/h3,11-12,14H,1,4-10H2,2H3,(H,18,21)(H,22,23). The van der Waals surface area contributed by atoms with Gasteiger partial charge >= 0.3 is 5.97 Å². The molecule has 0 spiro atoms. The number of allylic oxidation sites excluding steroid dienone is 1. The topological polar surface area (TPSA) is 84.2 Å². The maximum absolute atomic E-state index is 12.5. The number of rotatable bonds is 7. The average molecular weight is 319 g/mol. The van der Waals surface area contributed by atoms with Crippen LogP contribution in [-0.2, 0) is 11.8 Å². The molecule has 1 heterocycles. The first-order valence-electron chi connectivity index (χ1n) is 8.21. The summed E-state index contributed by atoms with van der Waals surface area (Å²) < 4.78 is 1.64. The van der Waals surface area contributed by atoms with Crippen LogP contribution in [0.4, 0.5) is 0 Å². The Labute approximate surface area is 136 Å². The molecular formula is C17H25N3O3. The maximum Gasteiger partial charge on any atom is 0.326 e. The van der Waals surface area contributed by atoms with Gasteiger partial charge in [0, 0.05) is 19.2 Å². The predicted octanol–water partition coefficient (Wildman–Crippen LogP) is 2.62. The van der Waals surface area contributed by atoms with Crippen molar-refractivity contribution in [3.05, 3.63) is 30.1 Å². The van der Waals surface area contributed by atoms with Crippen molar-refractivity contribution in [3.8, 4) is 0 Å². The highest BCUT2D eigenvalue weighted by Crippen LogP contribution is 2.33. The third-order valence-electron chi connectivity index (χ3n) is 4.36. The van der Waals surface area contributed by atoms with Crippen molar-refractivity contribution in [2.45, 2.75) is 56.9 Å². The predicted molar refractivity (Wildman–Crippen MR) is 87.4 cm³/mol. The molecule has 23 heavy (non-hydrogen) atoms. The molecule has 6 heteroatoms. The minimum absolute atomic E-state index is 0.294. The Bertz CT molecular complexity index is 574. The van der Waals surface area contributed by atoms with Crippen LogP contribution in [0.15, 0.2) is 18.9 Å². The second kappa shape index (κ2) is 7.94. The molecule has 2 N–H and O–H groups in total. The molecule has 1 unspecified atom stereocenters. The monoisotopic (exact) mass is 319 g/mol. The fourth-order valence-corrected chi connectivity index (χ4v) is 3.14. The van der Waals surface area contributed by atoms with E-state index < -0.39 is 12.0 Å². The third-order valence-corrected chi connectivity index (χ3v) is 4.36. The van der Waals surface area contributed by atoms with Crippen molar-refractivity contribution in [2.24, 2.45) is 7.05 Å². The van der Waals surface area contributed by atoms with Gasteiger partial charge in [0.1, 0.15) is 6.04 Å². The van der Waals surface area contributed by atoms with E-state index in [1.807, 2.05) is 0 Å². The SMILES string of the molecule is C=CCCC(NC(=O)c1cn(C)nc1C1CCCCC1)C(=O)O. The van der Waals surface area contributed by atoms with Gasteiger partial charge in [-0.1, -0.05) is 25.3 Å². The molecule has 1 aromatic rings. The van der Waals surface area contributed by atoms with Crippen LogP contribution in [0.3, 0.4) is 0 Å². The van der Waals surface area contributed by atoms with E-state index in [1.54, 1.807) is 24.0 Å². The molecule has 1 aliphatic carbocycles. The van der Waals surface area contributed by atoms with Crippen LogP contribution in [0.2, 0.25) is 0 Å². The summed E-state index contributed by atoms with van der Waals surface area (Å²) in [6, 6.07) is -0.903. The Morgan fingerprint density at radius 3 is 2.78 bits per heavy atom. The van der Waals surface area contributed by atoms with Crippen LogP contribution in [0.1, 0.15) is 66.9 Å². The Hall–Kier alpha value is -2.11. The molecule has 126 valence electrons. The number of hydrogen-bond donors (Lipinski definition) is 2. The van der Waals surface area contributed by atoms with Crippen molar-refractivity contribution < 1.29 is 14.7 Å². The smallest absolute Gasteiger partial charge is 0.326 e. The number of hydrogen-bond acceptors (Lipinski definition) is 3. The molecule has 0 saturated heterocycles. The second-order valence-electron chi connectivity index (χ2n) is 6.17. The first-order valence-corrected chi connectivity index (χ1v) is 8.21. The Morgan fingerprint density at radius 2 is 2.17 bits per heavy atom. The van der Waals surface area contributed by atoms with Gasteiger partial charge in [0.2, 0.25) is 0 Å². The molecule has 1 saturated carbocycles. The highest BCUT2D eigenvalue weighted by Gasteiger charge is 2.27. The van der Waals surface area contributed by atoms with E-state index in [2.05, 4.69) is 17.0 Å². The van der Waals surface area contributed by atoms with Gasteiger partial charge in [-0.15, -0.1) is 6.58 Å². The lowest BCUT2D eigenvalue weighted by molar-refractivity contribution is -0.139. The van der Waals surface area contributed by atoms with Gasteiger partial charge in [-0.05, 0) is 25.7 Å². The lowest BCUT2D eigenvalue weighted by Crippen LogP contribution is -2.41. The highest BCUT2D eigenvalue weighted by atomic mass is 16.4. The Morgan fingerprint density at radius 1 is 1.48 bits per heavy atom. The summed E-state index contributed by atoms with van der Waals surface area (Å²) in [5.41, 5.74) is 1.31. The summed E-state index contributed by atoms with van der Waals surface area (Å²) in [6.07, 6.45) is 9.83. The Kier molecular flexibility index (Phi) is 5.96. The molecule has 0 bridgehead atoms. The van der Waals surface area contributed by atoms with Gasteiger partial charge in [-0.25, -0.2) is 4.79 Å². The molecule has 0 radical (unpaired) electrons. The van der Waals surface area contributed by atoms with Gasteiger partial charge in [0.05, 0.1) is 11.3 Å². The number of nitrogens with one attached hydrogen (secondary N) is 1. The average Bonchev–Trinajstić information content (AvgIpc) is 2.94. The van der Waals surface area contributed by atoms with Crippen molar-refractivity contribution in [2.75, 3.05) is 0 Å². The molecular weight excluding hydrogens is 294 g/mol. The van der Waals surface area contributed by atoms with Crippen LogP contribution in [0, 0.1) is 0 Å². The van der Waals surface area contributed by atoms with E-state index in [9.17, 15) is 14.7 Å². The fourth-order valence-electron chi connectivity index (χ4n) is 3.14. The van der Waals surface area contributed by atoms with Gasteiger partial charge in [0.25, 0.3) is 5.91 Å². The van der Waals surface area contributed by atoms with Crippen molar-refractivity contribution in [1.29, 1.82) is 0 Å². The third kappa shape index (κ3) is 4.43. The summed E-state index contributed by atoms with van der Waals surface area (Å²) in [6.45, 7) is 3.59. The molecule has 2 rings (SSSR count). The lowest BCUT2D eigenvalue weighted by Gasteiger charge is -2.21.